The van der Waals surface area contributed by atoms with Gasteiger partial charge in [-0.15, -0.1) is 0 Å². The number of anilines is 2. The first kappa shape index (κ1) is 23.5. The molecule has 9 nitrogen and oxygen atoms in total. The third-order valence-corrected chi connectivity index (χ3v) is 6.38. The number of ether oxygens (including phenoxy) is 1. The predicted molar refractivity (Wildman–Crippen MR) is 137 cm³/mol. The van der Waals surface area contributed by atoms with Crippen molar-refractivity contribution < 1.29 is 19.1 Å². The third-order valence-electron chi connectivity index (χ3n) is 6.38. The molecule has 36 heavy (non-hydrogen) atoms. The van der Waals surface area contributed by atoms with E-state index in [9.17, 15) is 14.4 Å². The number of hydrogen-bond acceptors (Lipinski definition) is 6. The van der Waals surface area contributed by atoms with Gasteiger partial charge in [0.25, 0.3) is 0 Å². The van der Waals surface area contributed by atoms with Crippen LogP contribution in [0.2, 0.25) is 0 Å². The number of esters is 1. The Morgan fingerprint density at radius 1 is 1.11 bits per heavy atom. The Bertz CT molecular complexity index is 1380. The van der Waals surface area contributed by atoms with Crippen molar-refractivity contribution >= 4 is 40.7 Å². The average molecular weight is 486 g/mol. The number of carbonyl (C=O) groups is 3. The van der Waals surface area contributed by atoms with Gasteiger partial charge in [0.15, 0.2) is 0 Å². The molecule has 9 heteroatoms. The van der Waals surface area contributed by atoms with Gasteiger partial charge in [-0.2, -0.15) is 0 Å². The maximum atomic E-state index is 13.2. The molecular formula is C27H27N5O4. The Labute approximate surface area is 208 Å². The molecule has 0 saturated carbocycles. The van der Waals surface area contributed by atoms with Crippen LogP contribution in [0.1, 0.15) is 33.1 Å². The van der Waals surface area contributed by atoms with Crippen molar-refractivity contribution in [1.82, 2.24) is 9.88 Å². The molecule has 1 unspecified atom stereocenters. The van der Waals surface area contributed by atoms with Crippen molar-refractivity contribution in [3.05, 3.63) is 77.0 Å². The van der Waals surface area contributed by atoms with Crippen LogP contribution < -0.4 is 10.2 Å². The lowest BCUT2D eigenvalue weighted by molar-refractivity contribution is -0.119. The summed E-state index contributed by atoms with van der Waals surface area (Å²) in [6, 6.07) is 16.4. The molecule has 2 aromatic carbocycles. The largest absolute Gasteiger partial charge is 0.465 e. The first-order valence-electron chi connectivity index (χ1n) is 11.7. The van der Waals surface area contributed by atoms with Gasteiger partial charge in [-0.1, -0.05) is 36.4 Å². The van der Waals surface area contributed by atoms with Crippen molar-refractivity contribution in [2.75, 3.05) is 44.5 Å². The van der Waals surface area contributed by atoms with Crippen molar-refractivity contribution in [3.8, 4) is 0 Å². The molecule has 3 heterocycles. The van der Waals surface area contributed by atoms with Crippen LogP contribution in [0, 0.1) is 0 Å². The molecule has 3 aromatic rings. The second-order valence-corrected chi connectivity index (χ2v) is 9.13. The molecule has 2 amide bonds. The highest BCUT2D eigenvalue weighted by Gasteiger charge is 2.36. The molecule has 0 spiro atoms. The van der Waals surface area contributed by atoms with E-state index < -0.39 is 11.9 Å². The second kappa shape index (κ2) is 9.43. The van der Waals surface area contributed by atoms with Crippen LogP contribution in [0.15, 0.2) is 59.6 Å². The number of likely N-dealkylation sites (N-methyl/N-ethyl adjacent to an activating group) is 1. The van der Waals surface area contributed by atoms with Gasteiger partial charge >= 0.3 is 5.97 Å². The number of fused-ring (bicyclic) bond motifs is 2. The minimum atomic E-state index is -0.668. The summed E-state index contributed by atoms with van der Waals surface area (Å²) in [5.74, 6) is -0.757. The fourth-order valence-electron chi connectivity index (χ4n) is 4.74. The van der Waals surface area contributed by atoms with Crippen molar-refractivity contribution in [2.45, 2.75) is 12.3 Å². The zero-order valence-corrected chi connectivity index (χ0v) is 20.4. The number of nitrogens with zero attached hydrogens (tertiary/aromatic N) is 3. The van der Waals surface area contributed by atoms with Crippen LogP contribution in [-0.4, -0.2) is 67.7 Å². The SMILES string of the molecule is COC(=O)c1ccc2c(c1)NC(=O)C2C(=Nc1cc2c([nH]1)CCN2C(=O)CN(C)C)c1ccccc1. The van der Waals surface area contributed by atoms with Crippen LogP contribution >= 0.6 is 0 Å². The van der Waals surface area contributed by atoms with Gasteiger partial charge in [-0.3, -0.25) is 9.59 Å². The second-order valence-electron chi connectivity index (χ2n) is 9.13. The van der Waals surface area contributed by atoms with E-state index in [1.165, 1.54) is 7.11 Å². The summed E-state index contributed by atoms with van der Waals surface area (Å²) in [5, 5.41) is 2.89. The standard InChI is InChI=1S/C27H27N5O4/c1-31(2)15-23(33)32-12-11-19-21(32)14-22(28-19)30-25(16-7-5-4-6-8-16)24-18-10-9-17(27(35)36-3)13-20(18)29-26(24)34/h4-10,13-14,24,28H,11-12,15H2,1-3H3,(H,29,34). The number of benzene rings is 2. The summed E-state index contributed by atoms with van der Waals surface area (Å²) in [7, 11) is 5.05. The van der Waals surface area contributed by atoms with Crippen molar-refractivity contribution in [3.63, 3.8) is 0 Å². The van der Waals surface area contributed by atoms with Crippen LogP contribution in [0.25, 0.3) is 0 Å². The lowest BCUT2D eigenvalue weighted by atomic mass is 9.90. The zero-order valence-electron chi connectivity index (χ0n) is 20.4. The Kier molecular flexibility index (Phi) is 6.15. The molecule has 0 fully saturated rings. The number of rotatable bonds is 6. The number of amides is 2. The number of aliphatic imine (C=N–C) groups is 1. The van der Waals surface area contributed by atoms with E-state index in [2.05, 4.69) is 10.3 Å². The van der Waals surface area contributed by atoms with Gasteiger partial charge < -0.3 is 24.8 Å². The Morgan fingerprint density at radius 3 is 2.61 bits per heavy atom. The monoisotopic (exact) mass is 485 g/mol. The van der Waals surface area contributed by atoms with Crippen LogP contribution in [0.4, 0.5) is 17.2 Å². The fourth-order valence-corrected chi connectivity index (χ4v) is 4.74. The summed E-state index contributed by atoms with van der Waals surface area (Å²) in [6.45, 7) is 0.954. The number of hydrogen-bond donors (Lipinski definition) is 2. The number of aromatic nitrogens is 1. The Hall–Kier alpha value is -4.24. The molecule has 5 rings (SSSR count). The first-order valence-corrected chi connectivity index (χ1v) is 11.7. The van der Waals surface area contributed by atoms with E-state index in [1.807, 2.05) is 55.4 Å². The smallest absolute Gasteiger partial charge is 0.337 e. The quantitative estimate of drug-likeness (QED) is 0.412. The van der Waals surface area contributed by atoms with Crippen LogP contribution in [-0.2, 0) is 20.7 Å². The summed E-state index contributed by atoms with van der Waals surface area (Å²) in [6.07, 6.45) is 0.716. The van der Waals surface area contributed by atoms with Crippen molar-refractivity contribution in [1.29, 1.82) is 0 Å². The highest BCUT2D eigenvalue weighted by atomic mass is 16.5. The van der Waals surface area contributed by atoms with Gasteiger partial charge in [0.2, 0.25) is 11.8 Å². The Balaban J connectivity index is 1.55. The number of H-pyrrole nitrogens is 1. The lowest BCUT2D eigenvalue weighted by Crippen LogP contribution is -2.36. The summed E-state index contributed by atoms with van der Waals surface area (Å²) in [5.41, 5.74) is 4.81. The number of nitrogens with one attached hydrogen (secondary N) is 2. The molecule has 2 aliphatic rings. The highest BCUT2D eigenvalue weighted by Crippen LogP contribution is 2.38. The van der Waals surface area contributed by atoms with Gasteiger partial charge in [-0.25, -0.2) is 9.79 Å². The molecule has 184 valence electrons. The highest BCUT2D eigenvalue weighted by molar-refractivity contribution is 6.24. The van der Waals surface area contributed by atoms with Crippen LogP contribution in [0.5, 0.6) is 0 Å². The molecule has 0 saturated heterocycles. The van der Waals surface area contributed by atoms with Gasteiger partial charge in [0.05, 0.1) is 30.6 Å². The van der Waals surface area contributed by atoms with Gasteiger partial charge in [0.1, 0.15) is 11.7 Å². The molecule has 0 radical (unpaired) electrons. The number of carbonyl (C=O) groups excluding carboxylic acids is 3. The fraction of sp³-hybridized carbons (Fsp3) is 0.259. The average Bonchev–Trinajstić information content (AvgIpc) is 3.53. The lowest BCUT2D eigenvalue weighted by Gasteiger charge is -2.18. The maximum Gasteiger partial charge on any atom is 0.337 e. The maximum absolute atomic E-state index is 13.2. The molecule has 0 aliphatic carbocycles. The van der Waals surface area contributed by atoms with Crippen LogP contribution in [0.3, 0.4) is 0 Å². The molecule has 1 aromatic heterocycles. The summed E-state index contributed by atoms with van der Waals surface area (Å²) in [4.78, 5) is 49.8. The topological polar surface area (TPSA) is 107 Å². The molecule has 2 aliphatic heterocycles. The van der Waals surface area contributed by atoms with E-state index in [4.69, 9.17) is 9.73 Å². The van der Waals surface area contributed by atoms with Gasteiger partial charge in [-0.05, 0) is 37.4 Å². The first-order chi connectivity index (χ1) is 17.4. The normalized spacial score (nSPS) is 16.7. The Morgan fingerprint density at radius 2 is 1.89 bits per heavy atom. The number of aromatic amines is 1. The van der Waals surface area contributed by atoms with E-state index in [1.54, 1.807) is 23.1 Å². The molecule has 0 bridgehead atoms. The molecule has 1 atom stereocenters. The summed E-state index contributed by atoms with van der Waals surface area (Å²) < 4.78 is 4.81. The summed E-state index contributed by atoms with van der Waals surface area (Å²) >= 11 is 0. The minimum Gasteiger partial charge on any atom is -0.465 e. The predicted octanol–water partition coefficient (Wildman–Crippen LogP) is 3.11. The van der Waals surface area contributed by atoms with Gasteiger partial charge in [0, 0.05) is 30.4 Å². The molecule has 2 N–H and O–H groups in total. The number of methoxy groups -OCH3 is 1. The third kappa shape index (κ3) is 4.29. The minimum absolute atomic E-state index is 0.0297. The van der Waals surface area contributed by atoms with E-state index in [0.717, 1.165) is 22.5 Å². The van der Waals surface area contributed by atoms with Crippen molar-refractivity contribution in [2.24, 2.45) is 4.99 Å². The molecular weight excluding hydrogens is 458 g/mol. The zero-order chi connectivity index (χ0) is 25.4. The van der Waals surface area contributed by atoms with E-state index >= 15 is 0 Å². The van der Waals surface area contributed by atoms with E-state index in [-0.39, 0.29) is 11.8 Å². The van der Waals surface area contributed by atoms with E-state index in [0.29, 0.717) is 42.3 Å².